The van der Waals surface area contributed by atoms with E-state index in [0.29, 0.717) is 20.8 Å². The highest BCUT2D eigenvalue weighted by Crippen LogP contribution is 2.35. The number of ether oxygens (including phenoxy) is 1. The van der Waals surface area contributed by atoms with Crippen molar-refractivity contribution in [3.05, 3.63) is 82.9 Å². The zero-order chi connectivity index (χ0) is 21.2. The van der Waals surface area contributed by atoms with E-state index in [1.807, 2.05) is 54.6 Å². The number of hydrogen-bond donors (Lipinski definition) is 0. The summed E-state index contributed by atoms with van der Waals surface area (Å²) >= 11 is 2.65. The third-order valence-corrected chi connectivity index (χ3v) is 6.26. The molecule has 0 saturated carbocycles. The lowest BCUT2D eigenvalue weighted by Gasteiger charge is -2.07. The fourth-order valence-electron chi connectivity index (χ4n) is 2.81. The van der Waals surface area contributed by atoms with Gasteiger partial charge in [-0.1, -0.05) is 18.2 Å². The number of nitro benzene ring substituents is 1. The number of fused-ring (bicyclic) bond motifs is 1. The Morgan fingerprint density at radius 2 is 1.77 bits per heavy atom. The molecule has 5 rings (SSSR count). The Morgan fingerprint density at radius 1 is 1.00 bits per heavy atom. The second kappa shape index (κ2) is 8.13. The smallest absolute Gasteiger partial charge is 0.270 e. The molecule has 0 saturated heterocycles. The van der Waals surface area contributed by atoms with Crippen LogP contribution in [0, 0.1) is 10.1 Å². The summed E-state index contributed by atoms with van der Waals surface area (Å²) < 4.78 is 8.84. The van der Waals surface area contributed by atoms with Gasteiger partial charge in [0, 0.05) is 12.1 Å². The van der Waals surface area contributed by atoms with Gasteiger partial charge in [0.2, 0.25) is 5.16 Å². The maximum Gasteiger partial charge on any atom is 0.270 e. The molecule has 2 aromatic heterocycles. The number of benzene rings is 3. The van der Waals surface area contributed by atoms with Crippen LogP contribution in [-0.4, -0.2) is 30.1 Å². The van der Waals surface area contributed by atoms with Gasteiger partial charge < -0.3 is 4.74 Å². The summed E-state index contributed by atoms with van der Waals surface area (Å²) in [5.74, 6) is 1.45. The number of para-hydroxylation sites is 1. The Hall–Kier alpha value is -3.83. The first-order valence-corrected chi connectivity index (χ1v) is 10.6. The standard InChI is InChI=1S/C20H12N6O3S2/c27-26(28)14-8-11-17-18(12-14)30-20(21-17)31-19-22-23-24-25(19)13-6-9-16(10-7-13)29-15-4-2-1-3-5-15/h1-12H. The van der Waals surface area contributed by atoms with Crippen LogP contribution in [-0.2, 0) is 0 Å². The van der Waals surface area contributed by atoms with Crippen LogP contribution in [0.25, 0.3) is 15.9 Å². The summed E-state index contributed by atoms with van der Waals surface area (Å²) in [4.78, 5) is 15.1. The van der Waals surface area contributed by atoms with E-state index in [4.69, 9.17) is 4.74 Å². The number of aromatic nitrogens is 5. The van der Waals surface area contributed by atoms with Gasteiger partial charge in [-0.15, -0.1) is 16.4 Å². The van der Waals surface area contributed by atoms with Crippen LogP contribution < -0.4 is 4.74 Å². The quantitative estimate of drug-likeness (QED) is 0.260. The molecule has 0 aliphatic rings. The Labute approximate surface area is 183 Å². The zero-order valence-corrected chi connectivity index (χ0v) is 17.3. The molecule has 5 aromatic rings. The maximum absolute atomic E-state index is 11.0. The first-order valence-electron chi connectivity index (χ1n) is 9.00. The lowest BCUT2D eigenvalue weighted by Crippen LogP contribution is -1.98. The van der Waals surface area contributed by atoms with E-state index in [-0.39, 0.29) is 5.69 Å². The Kier molecular flexibility index (Phi) is 5.02. The van der Waals surface area contributed by atoms with Crippen LogP contribution in [0.2, 0.25) is 0 Å². The monoisotopic (exact) mass is 448 g/mol. The van der Waals surface area contributed by atoms with Crippen molar-refractivity contribution in [1.82, 2.24) is 25.2 Å². The van der Waals surface area contributed by atoms with Crippen molar-refractivity contribution in [3.63, 3.8) is 0 Å². The average molecular weight is 448 g/mol. The number of rotatable bonds is 6. The van der Waals surface area contributed by atoms with Crippen molar-refractivity contribution < 1.29 is 9.66 Å². The van der Waals surface area contributed by atoms with Gasteiger partial charge in [-0.25, -0.2) is 4.98 Å². The van der Waals surface area contributed by atoms with Gasteiger partial charge in [0.25, 0.3) is 5.69 Å². The lowest BCUT2D eigenvalue weighted by atomic mass is 10.3. The molecule has 152 valence electrons. The van der Waals surface area contributed by atoms with Crippen molar-refractivity contribution in [2.45, 2.75) is 9.50 Å². The fraction of sp³-hybridized carbons (Fsp3) is 0. The third-order valence-electron chi connectivity index (χ3n) is 4.24. The number of non-ortho nitro benzene ring substituents is 1. The van der Waals surface area contributed by atoms with Crippen LogP contribution in [0.3, 0.4) is 0 Å². The lowest BCUT2D eigenvalue weighted by molar-refractivity contribution is -0.384. The third kappa shape index (κ3) is 4.09. The van der Waals surface area contributed by atoms with Crippen LogP contribution in [0.1, 0.15) is 0 Å². The van der Waals surface area contributed by atoms with Crippen LogP contribution in [0.5, 0.6) is 11.5 Å². The molecule has 0 spiro atoms. The van der Waals surface area contributed by atoms with Gasteiger partial charge >= 0.3 is 0 Å². The summed E-state index contributed by atoms with van der Waals surface area (Å²) in [5.41, 5.74) is 1.50. The number of nitro groups is 1. The molecule has 31 heavy (non-hydrogen) atoms. The van der Waals surface area contributed by atoms with Crippen LogP contribution >= 0.6 is 23.1 Å². The molecule has 0 bridgehead atoms. The Bertz CT molecular complexity index is 1370. The molecule has 0 N–H and O–H groups in total. The van der Waals surface area contributed by atoms with E-state index in [1.165, 1.54) is 35.2 Å². The minimum atomic E-state index is -0.419. The molecule has 3 aromatic carbocycles. The highest BCUT2D eigenvalue weighted by Gasteiger charge is 2.15. The summed E-state index contributed by atoms with van der Waals surface area (Å²) in [7, 11) is 0. The van der Waals surface area contributed by atoms with Crippen molar-refractivity contribution in [2.24, 2.45) is 0 Å². The van der Waals surface area contributed by atoms with Gasteiger partial charge in [-0.05, 0) is 64.7 Å². The van der Waals surface area contributed by atoms with Crippen molar-refractivity contribution in [1.29, 1.82) is 0 Å². The number of tetrazole rings is 1. The second-order valence-electron chi connectivity index (χ2n) is 6.27. The van der Waals surface area contributed by atoms with E-state index >= 15 is 0 Å². The van der Waals surface area contributed by atoms with Crippen LogP contribution in [0.15, 0.2) is 82.3 Å². The number of hydrogen-bond acceptors (Lipinski definition) is 9. The number of nitrogens with zero attached hydrogens (tertiary/aromatic N) is 6. The minimum absolute atomic E-state index is 0.0374. The molecule has 9 nitrogen and oxygen atoms in total. The zero-order valence-electron chi connectivity index (χ0n) is 15.7. The largest absolute Gasteiger partial charge is 0.457 e. The van der Waals surface area contributed by atoms with Crippen molar-refractivity contribution in [3.8, 4) is 17.2 Å². The highest BCUT2D eigenvalue weighted by molar-refractivity contribution is 8.01. The first-order chi connectivity index (χ1) is 15.2. The maximum atomic E-state index is 11.0. The second-order valence-corrected chi connectivity index (χ2v) is 8.52. The normalized spacial score (nSPS) is 11.0. The molecule has 0 aliphatic carbocycles. The Morgan fingerprint density at radius 3 is 2.55 bits per heavy atom. The Balaban J connectivity index is 1.37. The van der Waals surface area contributed by atoms with Gasteiger partial charge in [0.05, 0.1) is 20.8 Å². The van der Waals surface area contributed by atoms with Gasteiger partial charge in [-0.3, -0.25) is 10.1 Å². The minimum Gasteiger partial charge on any atom is -0.457 e. The molecule has 11 heteroatoms. The molecule has 0 atom stereocenters. The van der Waals surface area contributed by atoms with E-state index < -0.39 is 4.92 Å². The van der Waals surface area contributed by atoms with E-state index in [0.717, 1.165) is 16.1 Å². The summed E-state index contributed by atoms with van der Waals surface area (Å²) in [6.07, 6.45) is 0. The molecule has 0 unspecified atom stereocenters. The van der Waals surface area contributed by atoms with Crippen LogP contribution in [0.4, 0.5) is 5.69 Å². The molecule has 0 amide bonds. The summed E-state index contributed by atoms with van der Waals surface area (Å²) in [6, 6.07) is 21.5. The van der Waals surface area contributed by atoms with E-state index in [9.17, 15) is 10.1 Å². The summed E-state index contributed by atoms with van der Waals surface area (Å²) in [5, 5.41) is 23.4. The SMILES string of the molecule is O=[N+]([O-])c1ccc2nc(Sc3nnnn3-c3ccc(Oc4ccccc4)cc3)sc2c1. The van der Waals surface area contributed by atoms with Gasteiger partial charge in [0.15, 0.2) is 4.34 Å². The molecule has 0 fully saturated rings. The fourth-order valence-corrected chi connectivity index (χ4v) is 4.81. The average Bonchev–Trinajstić information content (AvgIpc) is 3.41. The van der Waals surface area contributed by atoms with E-state index in [2.05, 4.69) is 20.5 Å². The molecular formula is C20H12N6O3S2. The van der Waals surface area contributed by atoms with Crippen molar-refractivity contribution >= 4 is 39.0 Å². The topological polar surface area (TPSA) is 109 Å². The summed E-state index contributed by atoms with van der Waals surface area (Å²) in [6.45, 7) is 0. The number of thiazole rings is 1. The van der Waals surface area contributed by atoms with Gasteiger partial charge in [0.1, 0.15) is 11.5 Å². The predicted molar refractivity (Wildman–Crippen MR) is 116 cm³/mol. The highest BCUT2D eigenvalue weighted by atomic mass is 32.2. The van der Waals surface area contributed by atoms with Crippen molar-refractivity contribution in [2.75, 3.05) is 0 Å². The molecule has 0 radical (unpaired) electrons. The predicted octanol–water partition coefficient (Wildman–Crippen LogP) is 5.12. The molecule has 0 aliphatic heterocycles. The first kappa shape index (κ1) is 19.2. The van der Waals surface area contributed by atoms with E-state index in [1.54, 1.807) is 10.7 Å². The van der Waals surface area contributed by atoms with Gasteiger partial charge in [-0.2, -0.15) is 4.68 Å². The molecular weight excluding hydrogens is 436 g/mol. The molecule has 2 heterocycles.